The molecule has 4 bridgehead atoms. The molecule has 5 aliphatic carbocycles. The van der Waals surface area contributed by atoms with E-state index in [2.05, 4.69) is 25.2 Å². The molecule has 3 N–H and O–H groups in total. The number of aliphatic hydroxyl groups excluding tert-OH is 1. The Labute approximate surface area is 180 Å². The van der Waals surface area contributed by atoms with Crippen molar-refractivity contribution in [2.24, 2.45) is 29.6 Å². The van der Waals surface area contributed by atoms with Crippen LogP contribution in [0.4, 0.5) is 0 Å². The number of aliphatic hydroxyl groups is 1. The summed E-state index contributed by atoms with van der Waals surface area (Å²) in [6, 6.07) is 4.74. The molecule has 4 nitrogen and oxygen atoms in total. The van der Waals surface area contributed by atoms with Crippen molar-refractivity contribution >= 4 is 0 Å². The van der Waals surface area contributed by atoms with Gasteiger partial charge >= 0.3 is 0 Å². The average molecular weight is 412 g/mol. The van der Waals surface area contributed by atoms with Crippen molar-refractivity contribution in [2.45, 2.75) is 95.4 Å². The van der Waals surface area contributed by atoms with Crippen LogP contribution in [0.2, 0.25) is 0 Å². The van der Waals surface area contributed by atoms with E-state index in [-0.39, 0.29) is 17.6 Å². The maximum absolute atomic E-state index is 11.0. The number of hydrogen-bond acceptors (Lipinski definition) is 4. The van der Waals surface area contributed by atoms with Gasteiger partial charge in [0.05, 0.1) is 6.10 Å². The Hall–Kier alpha value is -1.26. The minimum atomic E-state index is -0.273. The number of aromatic hydroxyl groups is 1. The molecule has 0 aromatic heterocycles. The van der Waals surface area contributed by atoms with Crippen LogP contribution in [0.15, 0.2) is 12.1 Å². The lowest BCUT2D eigenvalue weighted by Gasteiger charge is -2.54. The van der Waals surface area contributed by atoms with Gasteiger partial charge < -0.3 is 20.3 Å². The molecule has 1 heterocycles. The highest BCUT2D eigenvalue weighted by molar-refractivity contribution is 5.52. The predicted octanol–water partition coefficient (Wildman–Crippen LogP) is 4.72. The van der Waals surface area contributed by atoms with Gasteiger partial charge in [-0.25, -0.2) is 0 Å². The first-order chi connectivity index (χ1) is 14.4. The molecule has 6 aliphatic rings. The van der Waals surface area contributed by atoms with Crippen molar-refractivity contribution in [2.75, 3.05) is 0 Å². The molecule has 7 rings (SSSR count). The molecule has 0 saturated heterocycles. The Morgan fingerprint density at radius 2 is 1.70 bits per heavy atom. The molecule has 5 fully saturated rings. The number of benzene rings is 1. The van der Waals surface area contributed by atoms with E-state index in [0.29, 0.717) is 17.7 Å². The van der Waals surface area contributed by atoms with Crippen LogP contribution in [0, 0.1) is 29.6 Å². The van der Waals surface area contributed by atoms with Gasteiger partial charge in [-0.3, -0.25) is 0 Å². The van der Waals surface area contributed by atoms with Crippen molar-refractivity contribution in [1.29, 1.82) is 0 Å². The summed E-state index contributed by atoms with van der Waals surface area (Å²) < 4.78 is 6.46. The first kappa shape index (κ1) is 19.4. The van der Waals surface area contributed by atoms with Gasteiger partial charge in [0.25, 0.3) is 0 Å². The summed E-state index contributed by atoms with van der Waals surface area (Å²) in [5.74, 6) is 5.40. The molecule has 164 valence electrons. The molecular weight excluding hydrogens is 374 g/mol. The van der Waals surface area contributed by atoms with E-state index in [0.717, 1.165) is 66.4 Å². The molecule has 0 spiro atoms. The third kappa shape index (κ3) is 3.09. The highest BCUT2D eigenvalue weighted by atomic mass is 16.5. The SMILES string of the molecule is CC1(C)Oc2cc(CNC3C4CC5CC(C4)CC3C5)cc(O)c2[C@@H]2C[C@H](O)CC[C@H]21. The van der Waals surface area contributed by atoms with Crippen LogP contribution in [0.1, 0.15) is 82.3 Å². The van der Waals surface area contributed by atoms with Gasteiger partial charge in [0, 0.05) is 30.0 Å². The third-order valence-electron chi connectivity index (χ3n) is 9.41. The standard InChI is InChI=1S/C26H37NO3/c1-26(2)21-4-3-19(28)12-20(21)24-22(29)10-16(11-23(24)30-26)13-27-25-17-6-14-5-15(8-17)9-18(25)7-14/h10-11,14-15,17-21,25,27-29H,3-9,12-13H2,1-2H3/t14?,15?,17?,18?,19-,20-,21-,25?/m1/s1. The van der Waals surface area contributed by atoms with Crippen LogP contribution in [0.25, 0.3) is 0 Å². The molecule has 0 radical (unpaired) electrons. The van der Waals surface area contributed by atoms with Gasteiger partial charge in [0.1, 0.15) is 17.1 Å². The molecular formula is C26H37NO3. The first-order valence-corrected chi connectivity index (χ1v) is 12.3. The zero-order valence-electron chi connectivity index (χ0n) is 18.4. The normalized spacial score (nSPS) is 43.0. The van der Waals surface area contributed by atoms with Crippen LogP contribution < -0.4 is 10.1 Å². The average Bonchev–Trinajstić information content (AvgIpc) is 2.65. The van der Waals surface area contributed by atoms with E-state index in [1.54, 1.807) is 0 Å². The second kappa shape index (κ2) is 6.87. The number of phenolic OH excluding ortho intramolecular Hbond substituents is 1. The molecule has 1 aromatic carbocycles. The maximum atomic E-state index is 11.0. The zero-order valence-corrected chi connectivity index (χ0v) is 18.4. The van der Waals surface area contributed by atoms with E-state index in [9.17, 15) is 10.2 Å². The molecule has 5 saturated carbocycles. The molecule has 30 heavy (non-hydrogen) atoms. The quantitative estimate of drug-likeness (QED) is 0.673. The van der Waals surface area contributed by atoms with Gasteiger partial charge in [-0.05, 0) is 107 Å². The summed E-state index contributed by atoms with van der Waals surface area (Å²) in [5.41, 5.74) is 1.78. The monoisotopic (exact) mass is 411 g/mol. The Bertz CT molecular complexity index is 806. The fraction of sp³-hybridized carbons (Fsp3) is 0.769. The number of nitrogens with one attached hydrogen (secondary N) is 1. The minimum absolute atomic E-state index is 0.180. The Balaban J connectivity index is 1.23. The van der Waals surface area contributed by atoms with Crippen molar-refractivity contribution in [1.82, 2.24) is 5.32 Å². The summed E-state index contributed by atoms with van der Waals surface area (Å²) in [5, 5.41) is 25.2. The fourth-order valence-corrected chi connectivity index (χ4v) is 8.38. The van der Waals surface area contributed by atoms with Gasteiger partial charge in [-0.2, -0.15) is 0 Å². The van der Waals surface area contributed by atoms with Gasteiger partial charge in [0.15, 0.2) is 0 Å². The number of ether oxygens (including phenoxy) is 1. The van der Waals surface area contributed by atoms with Crippen LogP contribution in [-0.4, -0.2) is 28.0 Å². The van der Waals surface area contributed by atoms with E-state index >= 15 is 0 Å². The Morgan fingerprint density at radius 3 is 2.40 bits per heavy atom. The van der Waals surface area contributed by atoms with Gasteiger partial charge in [-0.1, -0.05) is 0 Å². The molecule has 3 atom stereocenters. The van der Waals surface area contributed by atoms with Gasteiger partial charge in [-0.15, -0.1) is 0 Å². The molecule has 4 heteroatoms. The fourth-order valence-electron chi connectivity index (χ4n) is 8.38. The molecule has 1 aromatic rings. The molecule has 0 amide bonds. The summed E-state index contributed by atoms with van der Waals surface area (Å²) in [6.07, 6.45) is 9.40. The lowest BCUT2D eigenvalue weighted by atomic mass is 9.54. The zero-order chi connectivity index (χ0) is 20.6. The Kier molecular flexibility index (Phi) is 4.45. The lowest BCUT2D eigenvalue weighted by Crippen LogP contribution is -2.54. The van der Waals surface area contributed by atoms with E-state index in [1.165, 1.54) is 32.1 Å². The van der Waals surface area contributed by atoms with Gasteiger partial charge in [0.2, 0.25) is 0 Å². The van der Waals surface area contributed by atoms with Crippen molar-refractivity contribution in [3.8, 4) is 11.5 Å². The molecule has 0 unspecified atom stereocenters. The van der Waals surface area contributed by atoms with Crippen molar-refractivity contribution < 1.29 is 14.9 Å². The van der Waals surface area contributed by atoms with Crippen LogP contribution in [-0.2, 0) is 6.54 Å². The van der Waals surface area contributed by atoms with E-state index in [1.807, 2.05) is 6.07 Å². The largest absolute Gasteiger partial charge is 0.508 e. The summed E-state index contributed by atoms with van der Waals surface area (Å²) in [7, 11) is 0. The second-order valence-electron chi connectivity index (χ2n) is 11.7. The second-order valence-corrected chi connectivity index (χ2v) is 11.7. The summed E-state index contributed by atoms with van der Waals surface area (Å²) in [4.78, 5) is 0. The number of rotatable bonds is 3. The first-order valence-electron chi connectivity index (χ1n) is 12.3. The summed E-state index contributed by atoms with van der Waals surface area (Å²) in [6.45, 7) is 5.14. The van der Waals surface area contributed by atoms with Crippen LogP contribution in [0.3, 0.4) is 0 Å². The number of fused-ring (bicyclic) bond motifs is 3. The maximum Gasteiger partial charge on any atom is 0.127 e. The van der Waals surface area contributed by atoms with E-state index in [4.69, 9.17) is 4.74 Å². The van der Waals surface area contributed by atoms with Crippen molar-refractivity contribution in [3.05, 3.63) is 23.3 Å². The predicted molar refractivity (Wildman–Crippen MR) is 117 cm³/mol. The third-order valence-corrected chi connectivity index (χ3v) is 9.41. The highest BCUT2D eigenvalue weighted by Gasteiger charge is 2.49. The van der Waals surface area contributed by atoms with Crippen LogP contribution in [0.5, 0.6) is 11.5 Å². The highest BCUT2D eigenvalue weighted by Crippen LogP contribution is 2.55. The van der Waals surface area contributed by atoms with Crippen molar-refractivity contribution in [3.63, 3.8) is 0 Å². The number of phenols is 1. The Morgan fingerprint density at radius 1 is 1.00 bits per heavy atom. The smallest absolute Gasteiger partial charge is 0.127 e. The summed E-state index contributed by atoms with van der Waals surface area (Å²) >= 11 is 0. The number of hydrogen-bond donors (Lipinski definition) is 3. The lowest BCUT2D eigenvalue weighted by molar-refractivity contribution is -0.0317. The topological polar surface area (TPSA) is 61.7 Å². The van der Waals surface area contributed by atoms with Crippen LogP contribution >= 0.6 is 0 Å². The minimum Gasteiger partial charge on any atom is -0.508 e. The molecule has 1 aliphatic heterocycles. The van der Waals surface area contributed by atoms with E-state index < -0.39 is 0 Å².